The van der Waals surface area contributed by atoms with Crippen molar-refractivity contribution in [1.29, 1.82) is 0 Å². The summed E-state index contributed by atoms with van der Waals surface area (Å²) in [6.45, 7) is 7.34. The first-order chi connectivity index (χ1) is 12.7. The molecule has 0 amide bonds. The Hall–Kier alpha value is -1.99. The van der Waals surface area contributed by atoms with E-state index in [0.29, 0.717) is 0 Å². The second-order valence-corrected chi connectivity index (χ2v) is 6.83. The number of anilines is 1. The third kappa shape index (κ3) is 4.59. The van der Waals surface area contributed by atoms with E-state index in [1.54, 1.807) is 7.11 Å². The maximum atomic E-state index is 5.83. The van der Waals surface area contributed by atoms with Gasteiger partial charge in [0.25, 0.3) is 0 Å². The Morgan fingerprint density at radius 1 is 1.23 bits per heavy atom. The molecular weight excluding hydrogens is 330 g/mol. The number of methoxy groups -OCH3 is 1. The third-order valence-electron chi connectivity index (χ3n) is 5.05. The molecule has 0 aromatic heterocycles. The van der Waals surface area contributed by atoms with Crippen molar-refractivity contribution in [2.75, 3.05) is 78.5 Å². The Morgan fingerprint density at radius 2 is 2.00 bits per heavy atom. The molecule has 0 bridgehead atoms. The predicted octanol–water partition coefficient (Wildman–Crippen LogP) is 0.723. The van der Waals surface area contributed by atoms with Crippen molar-refractivity contribution in [3.05, 3.63) is 24.3 Å². The smallest absolute Gasteiger partial charge is 0.193 e. The van der Waals surface area contributed by atoms with Gasteiger partial charge < -0.3 is 29.5 Å². The van der Waals surface area contributed by atoms with Gasteiger partial charge in [-0.05, 0) is 19.2 Å². The molecule has 1 aromatic rings. The fourth-order valence-electron chi connectivity index (χ4n) is 3.58. The summed E-state index contributed by atoms with van der Waals surface area (Å²) in [5.74, 6) is 1.89. The molecule has 2 aliphatic rings. The number of para-hydroxylation sites is 2. The molecule has 0 radical (unpaired) electrons. The summed E-state index contributed by atoms with van der Waals surface area (Å²) >= 11 is 0. The first-order valence-electron chi connectivity index (χ1n) is 9.35. The van der Waals surface area contributed by atoms with E-state index in [2.05, 4.69) is 44.2 Å². The SMILES string of the molecule is CN=C(NCC1CN(C)CCO1)N1CCN(c2ccccc2OC)CC1. The van der Waals surface area contributed by atoms with Crippen LogP contribution in [-0.2, 0) is 4.74 Å². The number of piperazine rings is 1. The van der Waals surface area contributed by atoms with Crippen LogP contribution < -0.4 is 15.0 Å². The lowest BCUT2D eigenvalue weighted by Crippen LogP contribution is -2.54. The maximum absolute atomic E-state index is 5.83. The van der Waals surface area contributed by atoms with Crippen molar-refractivity contribution in [2.45, 2.75) is 6.10 Å². The quantitative estimate of drug-likeness (QED) is 0.630. The molecule has 1 aromatic carbocycles. The number of aliphatic imine (C=N–C) groups is 1. The molecule has 2 heterocycles. The average molecular weight is 361 g/mol. The lowest BCUT2D eigenvalue weighted by molar-refractivity contribution is -0.0163. The van der Waals surface area contributed by atoms with E-state index < -0.39 is 0 Å². The second-order valence-electron chi connectivity index (χ2n) is 6.83. The number of nitrogens with zero attached hydrogens (tertiary/aromatic N) is 4. The Labute approximate surface area is 156 Å². The van der Waals surface area contributed by atoms with Gasteiger partial charge in [-0.15, -0.1) is 0 Å². The summed E-state index contributed by atoms with van der Waals surface area (Å²) in [5, 5.41) is 3.49. The third-order valence-corrected chi connectivity index (χ3v) is 5.05. The van der Waals surface area contributed by atoms with Crippen molar-refractivity contribution >= 4 is 11.6 Å². The number of morpholine rings is 1. The Kier molecular flexibility index (Phi) is 6.57. The van der Waals surface area contributed by atoms with Crippen molar-refractivity contribution in [1.82, 2.24) is 15.1 Å². The van der Waals surface area contributed by atoms with Crippen LogP contribution in [0.25, 0.3) is 0 Å². The van der Waals surface area contributed by atoms with Crippen molar-refractivity contribution < 1.29 is 9.47 Å². The highest BCUT2D eigenvalue weighted by molar-refractivity contribution is 5.80. The summed E-state index contributed by atoms with van der Waals surface area (Å²) in [4.78, 5) is 11.5. The van der Waals surface area contributed by atoms with E-state index >= 15 is 0 Å². The molecular formula is C19H31N5O2. The van der Waals surface area contributed by atoms with Gasteiger partial charge in [-0.1, -0.05) is 12.1 Å². The molecule has 3 rings (SSSR count). The van der Waals surface area contributed by atoms with Crippen LogP contribution in [0.2, 0.25) is 0 Å². The number of nitrogens with one attached hydrogen (secondary N) is 1. The van der Waals surface area contributed by atoms with Gasteiger partial charge in [0.1, 0.15) is 5.75 Å². The van der Waals surface area contributed by atoms with E-state index in [0.717, 1.165) is 69.8 Å². The monoisotopic (exact) mass is 361 g/mol. The molecule has 0 saturated carbocycles. The highest BCUT2D eigenvalue weighted by Gasteiger charge is 2.23. The minimum absolute atomic E-state index is 0.223. The largest absolute Gasteiger partial charge is 0.495 e. The van der Waals surface area contributed by atoms with Crippen LogP contribution in [0.3, 0.4) is 0 Å². The summed E-state index contributed by atoms with van der Waals surface area (Å²) in [6, 6.07) is 8.21. The molecule has 0 aliphatic carbocycles. The van der Waals surface area contributed by atoms with Crippen molar-refractivity contribution in [3.63, 3.8) is 0 Å². The minimum atomic E-state index is 0.223. The van der Waals surface area contributed by atoms with Gasteiger partial charge in [0.05, 0.1) is 25.5 Å². The van der Waals surface area contributed by atoms with Crippen LogP contribution >= 0.6 is 0 Å². The molecule has 1 N–H and O–H groups in total. The van der Waals surface area contributed by atoms with Gasteiger partial charge in [0.2, 0.25) is 0 Å². The first kappa shape index (κ1) is 18.8. The topological polar surface area (TPSA) is 52.6 Å². The van der Waals surface area contributed by atoms with Gasteiger partial charge >= 0.3 is 0 Å². The van der Waals surface area contributed by atoms with Crippen LogP contribution in [0.5, 0.6) is 5.75 Å². The molecule has 2 saturated heterocycles. The van der Waals surface area contributed by atoms with E-state index in [1.165, 1.54) is 0 Å². The molecule has 1 atom stereocenters. The molecule has 2 aliphatic heterocycles. The van der Waals surface area contributed by atoms with E-state index in [9.17, 15) is 0 Å². The lowest BCUT2D eigenvalue weighted by atomic mass is 10.2. The highest BCUT2D eigenvalue weighted by atomic mass is 16.5. The van der Waals surface area contributed by atoms with Gasteiger partial charge in [-0.3, -0.25) is 4.99 Å². The van der Waals surface area contributed by atoms with Crippen molar-refractivity contribution in [3.8, 4) is 5.75 Å². The summed E-state index contributed by atoms with van der Waals surface area (Å²) < 4.78 is 11.3. The average Bonchev–Trinajstić information content (AvgIpc) is 2.69. The molecule has 26 heavy (non-hydrogen) atoms. The summed E-state index contributed by atoms with van der Waals surface area (Å²) in [6.07, 6.45) is 0.223. The number of ether oxygens (including phenoxy) is 2. The van der Waals surface area contributed by atoms with E-state index in [1.807, 2.05) is 19.2 Å². The van der Waals surface area contributed by atoms with Crippen molar-refractivity contribution in [2.24, 2.45) is 4.99 Å². The minimum Gasteiger partial charge on any atom is -0.495 e. The lowest BCUT2D eigenvalue weighted by Gasteiger charge is -2.38. The Bertz CT molecular complexity index is 601. The molecule has 7 nitrogen and oxygen atoms in total. The standard InChI is InChI=1S/C19H31N5O2/c1-20-19(21-14-16-15-22(2)12-13-26-16)24-10-8-23(9-11-24)17-6-4-5-7-18(17)25-3/h4-7,16H,8-15H2,1-3H3,(H,20,21). The summed E-state index contributed by atoms with van der Waals surface area (Å²) in [7, 11) is 5.72. The molecule has 2 fully saturated rings. The zero-order chi connectivity index (χ0) is 18.4. The number of hydrogen-bond acceptors (Lipinski definition) is 5. The Morgan fingerprint density at radius 3 is 2.69 bits per heavy atom. The van der Waals surface area contributed by atoms with Gasteiger partial charge in [-0.2, -0.15) is 0 Å². The van der Waals surface area contributed by atoms with Crippen LogP contribution in [0.4, 0.5) is 5.69 Å². The predicted molar refractivity (Wildman–Crippen MR) is 105 cm³/mol. The van der Waals surface area contributed by atoms with Gasteiger partial charge in [0, 0.05) is 52.9 Å². The van der Waals surface area contributed by atoms with Gasteiger partial charge in [0.15, 0.2) is 5.96 Å². The number of likely N-dealkylation sites (N-methyl/N-ethyl adjacent to an activating group) is 1. The summed E-state index contributed by atoms with van der Waals surface area (Å²) in [5.41, 5.74) is 1.16. The second kappa shape index (κ2) is 9.09. The molecule has 7 heteroatoms. The first-order valence-corrected chi connectivity index (χ1v) is 9.35. The molecule has 0 spiro atoms. The zero-order valence-corrected chi connectivity index (χ0v) is 16.1. The number of rotatable bonds is 4. The zero-order valence-electron chi connectivity index (χ0n) is 16.1. The molecule has 1 unspecified atom stereocenters. The van der Waals surface area contributed by atoms with Gasteiger partial charge in [-0.25, -0.2) is 0 Å². The van der Waals surface area contributed by atoms with Crippen LogP contribution in [0.15, 0.2) is 29.3 Å². The van der Waals surface area contributed by atoms with Crippen LogP contribution in [0.1, 0.15) is 0 Å². The number of guanidine groups is 1. The normalized spacial score (nSPS) is 22.4. The fraction of sp³-hybridized carbons (Fsp3) is 0.632. The maximum Gasteiger partial charge on any atom is 0.193 e. The molecule has 144 valence electrons. The van der Waals surface area contributed by atoms with E-state index in [-0.39, 0.29) is 6.10 Å². The fourth-order valence-corrected chi connectivity index (χ4v) is 3.58. The van der Waals surface area contributed by atoms with Crippen LogP contribution in [0, 0.1) is 0 Å². The number of hydrogen-bond donors (Lipinski definition) is 1. The number of benzene rings is 1. The van der Waals surface area contributed by atoms with Crippen LogP contribution in [-0.4, -0.2) is 95.5 Å². The Balaban J connectivity index is 1.51. The highest BCUT2D eigenvalue weighted by Crippen LogP contribution is 2.28. The van der Waals surface area contributed by atoms with E-state index in [4.69, 9.17) is 9.47 Å².